The van der Waals surface area contributed by atoms with Gasteiger partial charge in [0.1, 0.15) is 0 Å². The third-order valence-electron chi connectivity index (χ3n) is 2.69. The molecular formula is C14H12ClN5OS2. The van der Waals surface area contributed by atoms with Crippen molar-refractivity contribution in [3.8, 4) is 11.5 Å². The van der Waals surface area contributed by atoms with E-state index in [0.717, 1.165) is 15.0 Å². The van der Waals surface area contributed by atoms with Crippen molar-refractivity contribution >= 4 is 39.8 Å². The van der Waals surface area contributed by atoms with Gasteiger partial charge in [0, 0.05) is 6.54 Å². The molecule has 1 aromatic carbocycles. The van der Waals surface area contributed by atoms with Gasteiger partial charge in [-0.15, -0.1) is 27.0 Å². The summed E-state index contributed by atoms with van der Waals surface area (Å²) in [7, 11) is 0. The van der Waals surface area contributed by atoms with Gasteiger partial charge in [-0.3, -0.25) is 0 Å². The minimum absolute atomic E-state index is 0.414. The molecule has 2 heterocycles. The maximum absolute atomic E-state index is 6.12. The largest absolute Gasteiger partial charge is 0.420 e. The van der Waals surface area contributed by atoms with Crippen molar-refractivity contribution in [2.45, 2.75) is 10.1 Å². The number of halogens is 1. The van der Waals surface area contributed by atoms with E-state index in [0.29, 0.717) is 29.1 Å². The van der Waals surface area contributed by atoms with Crippen molar-refractivity contribution in [3.05, 3.63) is 47.8 Å². The topological polar surface area (TPSA) is 76.7 Å². The molecule has 0 radical (unpaired) electrons. The van der Waals surface area contributed by atoms with Gasteiger partial charge in [0.05, 0.1) is 16.3 Å². The maximum atomic E-state index is 6.12. The van der Waals surface area contributed by atoms with E-state index in [9.17, 15) is 0 Å². The van der Waals surface area contributed by atoms with E-state index < -0.39 is 0 Å². The lowest BCUT2D eigenvalue weighted by molar-refractivity contribution is 0.528. The number of nitrogens with one attached hydrogen (secondary N) is 1. The third kappa shape index (κ3) is 4.10. The normalized spacial score (nSPS) is 10.7. The fourth-order valence-corrected chi connectivity index (χ4v) is 3.49. The van der Waals surface area contributed by atoms with Crippen molar-refractivity contribution < 1.29 is 4.42 Å². The van der Waals surface area contributed by atoms with Crippen LogP contribution in [0.4, 0.5) is 5.13 Å². The summed E-state index contributed by atoms with van der Waals surface area (Å²) in [6.45, 7) is 4.30. The lowest BCUT2D eigenvalue weighted by Crippen LogP contribution is -1.96. The van der Waals surface area contributed by atoms with Gasteiger partial charge in [-0.25, -0.2) is 0 Å². The molecule has 0 saturated carbocycles. The average Bonchev–Trinajstić information content (AvgIpc) is 3.21. The van der Waals surface area contributed by atoms with Crippen LogP contribution in [-0.2, 0) is 5.75 Å². The summed E-state index contributed by atoms with van der Waals surface area (Å²) in [6, 6.07) is 7.36. The molecule has 0 saturated heterocycles. The molecule has 3 aromatic rings. The van der Waals surface area contributed by atoms with Crippen molar-refractivity contribution in [2.75, 3.05) is 11.9 Å². The Morgan fingerprint density at radius 2 is 2.13 bits per heavy atom. The molecule has 6 nitrogen and oxygen atoms in total. The predicted molar refractivity (Wildman–Crippen MR) is 92.9 cm³/mol. The van der Waals surface area contributed by atoms with Crippen LogP contribution in [0.15, 0.2) is 45.7 Å². The number of benzene rings is 1. The number of anilines is 1. The third-order valence-corrected chi connectivity index (χ3v) is 5.02. The molecule has 1 N–H and O–H groups in total. The summed E-state index contributed by atoms with van der Waals surface area (Å²) in [6.07, 6.45) is 1.77. The molecule has 0 aliphatic carbocycles. The number of aromatic nitrogens is 4. The molecule has 0 amide bonds. The Balaban J connectivity index is 1.62. The van der Waals surface area contributed by atoms with Gasteiger partial charge in [-0.2, -0.15) is 0 Å². The summed E-state index contributed by atoms with van der Waals surface area (Å²) in [5.41, 5.74) is 0.727. The van der Waals surface area contributed by atoms with Crippen LogP contribution in [-0.4, -0.2) is 26.9 Å². The van der Waals surface area contributed by atoms with Gasteiger partial charge in [-0.05, 0) is 12.1 Å². The van der Waals surface area contributed by atoms with Crippen LogP contribution in [0.1, 0.15) is 5.89 Å². The molecule has 3 rings (SSSR count). The smallest absolute Gasteiger partial charge is 0.249 e. The highest BCUT2D eigenvalue weighted by Gasteiger charge is 2.12. The summed E-state index contributed by atoms with van der Waals surface area (Å²) >= 11 is 9.08. The fraction of sp³-hybridized carbons (Fsp3) is 0.143. The van der Waals surface area contributed by atoms with Gasteiger partial charge in [0.2, 0.25) is 16.9 Å². The van der Waals surface area contributed by atoms with Crippen molar-refractivity contribution in [3.63, 3.8) is 0 Å². The Morgan fingerprint density at radius 1 is 1.26 bits per heavy atom. The lowest BCUT2D eigenvalue weighted by atomic mass is 10.2. The van der Waals surface area contributed by atoms with Crippen LogP contribution in [0.2, 0.25) is 5.02 Å². The second-order valence-electron chi connectivity index (χ2n) is 4.31. The molecule has 0 spiro atoms. The number of hydrogen-bond acceptors (Lipinski definition) is 8. The Labute approximate surface area is 146 Å². The standard InChI is InChI=1S/C14H12ClN5OS2/c1-2-7-16-13-19-20-14(23-13)22-8-11-17-18-12(21-11)9-5-3-4-6-10(9)15/h2-6H,1,7-8H2,(H,16,19). The highest BCUT2D eigenvalue weighted by atomic mass is 35.5. The molecule has 0 bridgehead atoms. The first-order valence-electron chi connectivity index (χ1n) is 6.64. The molecule has 23 heavy (non-hydrogen) atoms. The zero-order valence-electron chi connectivity index (χ0n) is 11.9. The second-order valence-corrected chi connectivity index (χ2v) is 6.92. The minimum Gasteiger partial charge on any atom is -0.420 e. The number of nitrogens with zero attached hydrogens (tertiary/aromatic N) is 4. The van der Waals surface area contributed by atoms with Gasteiger partial charge < -0.3 is 9.73 Å². The Kier molecular flexibility index (Phi) is 5.27. The molecule has 9 heteroatoms. The zero-order valence-corrected chi connectivity index (χ0v) is 14.3. The van der Waals surface area contributed by atoms with E-state index in [1.807, 2.05) is 18.2 Å². The van der Waals surface area contributed by atoms with Crippen LogP contribution in [0, 0.1) is 0 Å². The molecular weight excluding hydrogens is 354 g/mol. The highest BCUT2D eigenvalue weighted by Crippen LogP contribution is 2.30. The van der Waals surface area contributed by atoms with Gasteiger partial charge in [-0.1, -0.05) is 52.9 Å². The number of thioether (sulfide) groups is 1. The summed E-state index contributed by atoms with van der Waals surface area (Å²) in [5.74, 6) is 1.45. The summed E-state index contributed by atoms with van der Waals surface area (Å²) < 4.78 is 6.47. The van der Waals surface area contributed by atoms with Gasteiger partial charge in [0.15, 0.2) is 4.34 Å². The molecule has 118 valence electrons. The second kappa shape index (κ2) is 7.58. The molecule has 2 aromatic heterocycles. The fourth-order valence-electron chi connectivity index (χ4n) is 1.68. The maximum Gasteiger partial charge on any atom is 0.249 e. The lowest BCUT2D eigenvalue weighted by Gasteiger charge is -1.96. The quantitative estimate of drug-likeness (QED) is 0.498. The van der Waals surface area contributed by atoms with Crippen LogP contribution in [0.3, 0.4) is 0 Å². The SMILES string of the molecule is C=CCNc1nnc(SCc2nnc(-c3ccccc3Cl)o2)s1. The highest BCUT2D eigenvalue weighted by molar-refractivity contribution is 8.00. The van der Waals surface area contributed by atoms with Crippen LogP contribution in [0.25, 0.3) is 11.5 Å². The Morgan fingerprint density at radius 3 is 2.96 bits per heavy atom. The molecule has 0 aliphatic rings. The Bertz CT molecular complexity index is 804. The minimum atomic E-state index is 0.414. The van der Waals surface area contributed by atoms with E-state index >= 15 is 0 Å². The van der Waals surface area contributed by atoms with E-state index in [-0.39, 0.29) is 0 Å². The first kappa shape index (κ1) is 16.0. The van der Waals surface area contributed by atoms with Gasteiger partial charge >= 0.3 is 0 Å². The number of rotatable bonds is 7. The van der Waals surface area contributed by atoms with E-state index in [4.69, 9.17) is 16.0 Å². The summed E-state index contributed by atoms with van der Waals surface area (Å²) in [5, 5.41) is 20.6. The van der Waals surface area contributed by atoms with Crippen LogP contribution >= 0.6 is 34.7 Å². The number of hydrogen-bond donors (Lipinski definition) is 1. The van der Waals surface area contributed by atoms with Crippen molar-refractivity contribution in [1.82, 2.24) is 20.4 Å². The first-order chi connectivity index (χ1) is 11.3. The van der Waals surface area contributed by atoms with E-state index in [1.165, 1.54) is 23.1 Å². The first-order valence-corrected chi connectivity index (χ1v) is 8.82. The summed E-state index contributed by atoms with van der Waals surface area (Å²) in [4.78, 5) is 0. The van der Waals surface area contributed by atoms with Crippen LogP contribution in [0.5, 0.6) is 0 Å². The average molecular weight is 366 g/mol. The predicted octanol–water partition coefficient (Wildman–Crippen LogP) is 4.13. The van der Waals surface area contributed by atoms with E-state index in [1.54, 1.807) is 12.1 Å². The monoisotopic (exact) mass is 365 g/mol. The van der Waals surface area contributed by atoms with E-state index in [2.05, 4.69) is 32.3 Å². The molecule has 0 fully saturated rings. The Hall–Kier alpha value is -1.90. The van der Waals surface area contributed by atoms with Crippen molar-refractivity contribution in [1.29, 1.82) is 0 Å². The zero-order chi connectivity index (χ0) is 16.1. The molecule has 0 aliphatic heterocycles. The van der Waals surface area contributed by atoms with Gasteiger partial charge in [0.25, 0.3) is 0 Å². The van der Waals surface area contributed by atoms with Crippen molar-refractivity contribution in [2.24, 2.45) is 0 Å². The molecule has 0 atom stereocenters. The molecule has 0 unspecified atom stereocenters. The van der Waals surface area contributed by atoms with Crippen LogP contribution < -0.4 is 5.32 Å².